The van der Waals surface area contributed by atoms with Crippen LogP contribution in [0.4, 0.5) is 0 Å². The molecule has 14 heavy (non-hydrogen) atoms. The highest BCUT2D eigenvalue weighted by molar-refractivity contribution is 4.79. The van der Waals surface area contributed by atoms with Crippen molar-refractivity contribution in [2.24, 2.45) is 5.92 Å². The summed E-state index contributed by atoms with van der Waals surface area (Å²) in [5.41, 5.74) is 0. The van der Waals surface area contributed by atoms with Crippen molar-refractivity contribution in [3.63, 3.8) is 0 Å². The zero-order valence-corrected chi connectivity index (χ0v) is 10.2. The molecule has 0 saturated heterocycles. The first kappa shape index (κ1) is 12.0. The van der Waals surface area contributed by atoms with Crippen LogP contribution in [0.2, 0.25) is 0 Å². The molecular weight excluding hydrogens is 170 g/mol. The monoisotopic (exact) mass is 197 g/mol. The smallest absolute Gasteiger partial charge is 0.00722 e. The second kappa shape index (κ2) is 6.44. The van der Waals surface area contributed by atoms with E-state index in [1.807, 2.05) is 0 Å². The highest BCUT2D eigenvalue weighted by Gasteiger charge is 2.21. The molecular formula is C13H27N. The van der Waals surface area contributed by atoms with Crippen LogP contribution in [-0.4, -0.2) is 12.1 Å². The Morgan fingerprint density at radius 2 is 1.86 bits per heavy atom. The highest BCUT2D eigenvalue weighted by Crippen LogP contribution is 2.27. The van der Waals surface area contributed by atoms with Crippen LogP contribution in [-0.2, 0) is 0 Å². The lowest BCUT2D eigenvalue weighted by Gasteiger charge is -2.32. The summed E-state index contributed by atoms with van der Waals surface area (Å²) in [7, 11) is 0. The van der Waals surface area contributed by atoms with Crippen molar-refractivity contribution in [1.29, 1.82) is 0 Å². The Morgan fingerprint density at radius 3 is 2.43 bits per heavy atom. The van der Waals surface area contributed by atoms with E-state index in [1.165, 1.54) is 44.9 Å². The number of nitrogens with one attached hydrogen (secondary N) is 1. The van der Waals surface area contributed by atoms with Crippen molar-refractivity contribution in [3.8, 4) is 0 Å². The summed E-state index contributed by atoms with van der Waals surface area (Å²) in [6.07, 6.45) is 9.68. The lowest BCUT2D eigenvalue weighted by molar-refractivity contribution is 0.257. The summed E-state index contributed by atoms with van der Waals surface area (Å²) in [6, 6.07) is 1.58. The minimum Gasteiger partial charge on any atom is -0.311 e. The lowest BCUT2D eigenvalue weighted by Crippen LogP contribution is -2.40. The first-order valence-electron chi connectivity index (χ1n) is 6.56. The number of hydrogen-bond acceptors (Lipinski definition) is 1. The molecule has 1 aliphatic carbocycles. The molecule has 0 aromatic carbocycles. The van der Waals surface area contributed by atoms with Gasteiger partial charge in [-0.1, -0.05) is 40.0 Å². The molecule has 0 aromatic heterocycles. The third kappa shape index (κ3) is 3.61. The molecule has 0 bridgehead atoms. The number of rotatable bonds is 5. The van der Waals surface area contributed by atoms with Gasteiger partial charge in [0, 0.05) is 12.1 Å². The number of hydrogen-bond donors (Lipinski definition) is 1. The molecule has 0 spiro atoms. The van der Waals surface area contributed by atoms with Gasteiger partial charge in [0.1, 0.15) is 0 Å². The Morgan fingerprint density at radius 1 is 1.14 bits per heavy atom. The molecule has 0 aromatic rings. The molecule has 1 rings (SSSR count). The lowest BCUT2D eigenvalue weighted by atomic mass is 9.84. The van der Waals surface area contributed by atoms with E-state index in [4.69, 9.17) is 0 Å². The topological polar surface area (TPSA) is 12.0 Å². The standard InChI is InChI=1S/C13H27N/c1-4-11-8-7-9-13(10-11)14-12(5-2)6-3/h11-14H,4-10H2,1-3H3. The van der Waals surface area contributed by atoms with Gasteiger partial charge < -0.3 is 5.32 Å². The van der Waals surface area contributed by atoms with E-state index in [2.05, 4.69) is 26.1 Å². The van der Waals surface area contributed by atoms with E-state index in [9.17, 15) is 0 Å². The SMILES string of the molecule is CCC1CCCC(NC(CC)CC)C1. The second-order valence-electron chi connectivity index (χ2n) is 4.82. The second-order valence-corrected chi connectivity index (χ2v) is 4.82. The van der Waals surface area contributed by atoms with E-state index in [-0.39, 0.29) is 0 Å². The predicted octanol–water partition coefficient (Wildman–Crippen LogP) is 3.73. The largest absolute Gasteiger partial charge is 0.311 e. The van der Waals surface area contributed by atoms with Gasteiger partial charge >= 0.3 is 0 Å². The molecule has 2 unspecified atom stereocenters. The summed E-state index contributed by atoms with van der Waals surface area (Å²) >= 11 is 0. The average Bonchev–Trinajstić information content (AvgIpc) is 2.26. The molecule has 1 N–H and O–H groups in total. The van der Waals surface area contributed by atoms with Crippen molar-refractivity contribution in [2.45, 2.75) is 77.8 Å². The minimum absolute atomic E-state index is 0.760. The average molecular weight is 197 g/mol. The van der Waals surface area contributed by atoms with Gasteiger partial charge in [0.25, 0.3) is 0 Å². The van der Waals surface area contributed by atoms with Crippen molar-refractivity contribution >= 4 is 0 Å². The Bertz CT molecular complexity index is 140. The van der Waals surface area contributed by atoms with Gasteiger partial charge in [-0.2, -0.15) is 0 Å². The van der Waals surface area contributed by atoms with Crippen LogP contribution in [0.3, 0.4) is 0 Å². The summed E-state index contributed by atoms with van der Waals surface area (Å²) in [4.78, 5) is 0. The van der Waals surface area contributed by atoms with Crippen LogP contribution in [0.15, 0.2) is 0 Å². The third-order valence-electron chi connectivity index (χ3n) is 3.82. The highest BCUT2D eigenvalue weighted by atomic mass is 14.9. The molecule has 1 heteroatoms. The van der Waals surface area contributed by atoms with E-state index in [0.717, 1.165) is 18.0 Å². The quantitative estimate of drug-likeness (QED) is 0.708. The zero-order chi connectivity index (χ0) is 10.4. The Balaban J connectivity index is 2.29. The molecule has 84 valence electrons. The fourth-order valence-electron chi connectivity index (χ4n) is 2.67. The van der Waals surface area contributed by atoms with E-state index in [0.29, 0.717) is 0 Å². The summed E-state index contributed by atoms with van der Waals surface area (Å²) in [5.74, 6) is 0.996. The van der Waals surface area contributed by atoms with Gasteiger partial charge in [0.15, 0.2) is 0 Å². The van der Waals surface area contributed by atoms with Crippen molar-refractivity contribution in [2.75, 3.05) is 0 Å². The first-order chi connectivity index (χ1) is 6.80. The summed E-state index contributed by atoms with van der Waals surface area (Å²) in [5, 5.41) is 3.82. The fraction of sp³-hybridized carbons (Fsp3) is 1.00. The van der Waals surface area contributed by atoms with E-state index < -0.39 is 0 Å². The van der Waals surface area contributed by atoms with Gasteiger partial charge in [-0.05, 0) is 31.6 Å². The maximum absolute atomic E-state index is 3.82. The molecule has 0 heterocycles. The predicted molar refractivity (Wildman–Crippen MR) is 63.5 cm³/mol. The Hall–Kier alpha value is -0.0400. The normalized spacial score (nSPS) is 28.3. The van der Waals surface area contributed by atoms with Gasteiger partial charge in [0.2, 0.25) is 0 Å². The Kier molecular flexibility index (Phi) is 5.54. The van der Waals surface area contributed by atoms with Crippen LogP contribution >= 0.6 is 0 Å². The minimum atomic E-state index is 0.760. The third-order valence-corrected chi connectivity index (χ3v) is 3.82. The molecule has 1 nitrogen and oxygen atoms in total. The van der Waals surface area contributed by atoms with Gasteiger partial charge in [-0.15, -0.1) is 0 Å². The molecule has 0 radical (unpaired) electrons. The van der Waals surface area contributed by atoms with E-state index >= 15 is 0 Å². The first-order valence-corrected chi connectivity index (χ1v) is 6.56. The molecule has 1 fully saturated rings. The zero-order valence-electron chi connectivity index (χ0n) is 10.2. The fourth-order valence-corrected chi connectivity index (χ4v) is 2.67. The molecule has 1 saturated carbocycles. The van der Waals surface area contributed by atoms with Crippen LogP contribution in [0.5, 0.6) is 0 Å². The molecule has 0 aliphatic heterocycles. The van der Waals surface area contributed by atoms with Crippen LogP contribution < -0.4 is 5.32 Å². The van der Waals surface area contributed by atoms with Crippen molar-refractivity contribution < 1.29 is 0 Å². The van der Waals surface area contributed by atoms with Crippen LogP contribution in [0.1, 0.15) is 65.7 Å². The summed E-state index contributed by atoms with van der Waals surface area (Å²) in [6.45, 7) is 6.92. The van der Waals surface area contributed by atoms with Gasteiger partial charge in [-0.25, -0.2) is 0 Å². The Labute approximate surface area is 89.7 Å². The van der Waals surface area contributed by atoms with Crippen LogP contribution in [0.25, 0.3) is 0 Å². The molecule has 0 amide bonds. The van der Waals surface area contributed by atoms with Crippen LogP contribution in [0, 0.1) is 5.92 Å². The van der Waals surface area contributed by atoms with Gasteiger partial charge in [-0.3, -0.25) is 0 Å². The molecule has 2 atom stereocenters. The summed E-state index contributed by atoms with van der Waals surface area (Å²) < 4.78 is 0. The maximum Gasteiger partial charge on any atom is 0.00722 e. The van der Waals surface area contributed by atoms with Gasteiger partial charge in [0.05, 0.1) is 0 Å². The maximum atomic E-state index is 3.82. The van der Waals surface area contributed by atoms with E-state index in [1.54, 1.807) is 0 Å². The molecule has 1 aliphatic rings. The van der Waals surface area contributed by atoms with Crippen molar-refractivity contribution in [3.05, 3.63) is 0 Å². The van der Waals surface area contributed by atoms with Crippen molar-refractivity contribution in [1.82, 2.24) is 5.32 Å².